The number of hydrogen-bond donors (Lipinski definition) is 3. The molecule has 3 aromatic rings. The molecule has 2 aromatic carbocycles. The maximum Gasteiger partial charge on any atom is 0.471 e. The van der Waals surface area contributed by atoms with Gasteiger partial charge in [-0.15, -0.1) is 11.3 Å². The van der Waals surface area contributed by atoms with E-state index in [1.165, 1.54) is 16.3 Å². The van der Waals surface area contributed by atoms with Crippen LogP contribution < -0.4 is 10.7 Å². The van der Waals surface area contributed by atoms with Crippen LogP contribution in [0.5, 0.6) is 0 Å². The summed E-state index contributed by atoms with van der Waals surface area (Å²) in [5.41, 5.74) is 4.03. The van der Waals surface area contributed by atoms with Crippen LogP contribution in [0.2, 0.25) is 0 Å². The number of benzene rings is 2. The van der Waals surface area contributed by atoms with Gasteiger partial charge in [-0.05, 0) is 38.3 Å². The van der Waals surface area contributed by atoms with Crippen molar-refractivity contribution in [3.8, 4) is 10.6 Å². The van der Waals surface area contributed by atoms with Crippen molar-refractivity contribution in [2.24, 2.45) is 0 Å². The summed E-state index contributed by atoms with van der Waals surface area (Å²) in [5, 5.41) is 17.0. The molecule has 2 amide bonds. The minimum Gasteiger partial charge on any atom is -0.443 e. The van der Waals surface area contributed by atoms with Crippen LogP contribution in [-0.4, -0.2) is 57.6 Å². The SMILES string of the molecule is CC(C)(C)OC(=O)NN(Cc1ccc(-c2nccs2)cc1)C[C@H](O)[C@H](Cc1ccccc1)NC(=O)C(F)(F)F. The molecule has 3 rings (SSSR count). The van der Waals surface area contributed by atoms with Crippen LogP contribution in [0.4, 0.5) is 18.0 Å². The normalized spacial score (nSPS) is 13.5. The zero-order valence-corrected chi connectivity index (χ0v) is 22.6. The van der Waals surface area contributed by atoms with E-state index < -0.39 is 35.9 Å². The molecule has 0 fully saturated rings. The summed E-state index contributed by atoms with van der Waals surface area (Å²) in [6, 6.07) is 14.6. The predicted molar refractivity (Wildman–Crippen MR) is 141 cm³/mol. The number of carbonyl (C=O) groups excluding carboxylic acids is 2. The summed E-state index contributed by atoms with van der Waals surface area (Å²) >= 11 is 1.49. The number of thiazole rings is 1. The second kappa shape index (κ2) is 13.0. The van der Waals surface area contributed by atoms with E-state index in [1.807, 2.05) is 35.0 Å². The van der Waals surface area contributed by atoms with Crippen LogP contribution in [0.3, 0.4) is 0 Å². The van der Waals surface area contributed by atoms with Gasteiger partial charge in [0.05, 0.1) is 12.1 Å². The highest BCUT2D eigenvalue weighted by atomic mass is 32.1. The number of nitrogens with one attached hydrogen (secondary N) is 2. The van der Waals surface area contributed by atoms with E-state index in [0.29, 0.717) is 5.56 Å². The first-order chi connectivity index (χ1) is 18.3. The number of carbonyl (C=O) groups is 2. The Bertz CT molecular complexity index is 1200. The Morgan fingerprint density at radius 1 is 1.05 bits per heavy atom. The second-order valence-electron chi connectivity index (χ2n) is 9.86. The van der Waals surface area contributed by atoms with E-state index in [2.05, 4.69) is 10.4 Å². The molecule has 0 aliphatic carbocycles. The van der Waals surface area contributed by atoms with E-state index in [0.717, 1.165) is 16.1 Å². The molecule has 0 radical (unpaired) electrons. The van der Waals surface area contributed by atoms with E-state index >= 15 is 0 Å². The van der Waals surface area contributed by atoms with Crippen molar-refractivity contribution >= 4 is 23.3 Å². The van der Waals surface area contributed by atoms with Crippen LogP contribution in [0.1, 0.15) is 31.9 Å². The monoisotopic (exact) mass is 564 g/mol. The molecule has 1 aromatic heterocycles. The minimum absolute atomic E-state index is 0.0629. The fourth-order valence-corrected chi connectivity index (χ4v) is 4.32. The zero-order chi connectivity index (χ0) is 28.6. The Balaban J connectivity index is 1.80. The number of halogens is 3. The lowest BCUT2D eigenvalue weighted by atomic mass is 10.0. The Morgan fingerprint density at radius 2 is 1.72 bits per heavy atom. The molecule has 3 N–H and O–H groups in total. The molecule has 0 unspecified atom stereocenters. The number of hydrogen-bond acceptors (Lipinski definition) is 7. The van der Waals surface area contributed by atoms with Gasteiger partial charge in [0.15, 0.2) is 0 Å². The van der Waals surface area contributed by atoms with Gasteiger partial charge >= 0.3 is 18.2 Å². The topological polar surface area (TPSA) is 104 Å². The molecule has 0 saturated heterocycles. The first-order valence-electron chi connectivity index (χ1n) is 12.1. The van der Waals surface area contributed by atoms with Gasteiger partial charge in [0.1, 0.15) is 10.6 Å². The van der Waals surface area contributed by atoms with Gasteiger partial charge in [-0.3, -0.25) is 10.2 Å². The van der Waals surface area contributed by atoms with Crippen molar-refractivity contribution in [1.29, 1.82) is 0 Å². The molecule has 210 valence electrons. The molecule has 0 aliphatic rings. The highest BCUT2D eigenvalue weighted by molar-refractivity contribution is 7.13. The quantitative estimate of drug-likeness (QED) is 0.309. The van der Waals surface area contributed by atoms with Crippen LogP contribution >= 0.6 is 11.3 Å². The molecule has 8 nitrogen and oxygen atoms in total. The van der Waals surface area contributed by atoms with Crippen molar-refractivity contribution in [3.05, 3.63) is 77.3 Å². The van der Waals surface area contributed by atoms with Gasteiger partial charge in [-0.1, -0.05) is 54.6 Å². The smallest absolute Gasteiger partial charge is 0.443 e. The number of rotatable bonds is 10. The van der Waals surface area contributed by atoms with Crippen LogP contribution in [0, 0.1) is 0 Å². The average Bonchev–Trinajstić information content (AvgIpc) is 3.38. The maximum atomic E-state index is 13.0. The highest BCUT2D eigenvalue weighted by Crippen LogP contribution is 2.22. The number of hydrazine groups is 1. The number of amides is 2. The Morgan fingerprint density at radius 3 is 2.28 bits per heavy atom. The molecular formula is C27H31F3N4O4S. The lowest BCUT2D eigenvalue weighted by Gasteiger charge is -2.31. The van der Waals surface area contributed by atoms with Crippen LogP contribution in [0.25, 0.3) is 10.6 Å². The van der Waals surface area contributed by atoms with Gasteiger partial charge in [0, 0.05) is 30.2 Å². The number of nitrogens with zero attached hydrogens (tertiary/aromatic N) is 2. The van der Waals surface area contributed by atoms with Crippen LogP contribution in [0.15, 0.2) is 66.2 Å². The molecular weight excluding hydrogens is 533 g/mol. The Labute approximate surface area is 228 Å². The molecule has 0 saturated carbocycles. The third-order valence-corrected chi connectivity index (χ3v) is 6.22. The molecule has 2 atom stereocenters. The number of alkyl halides is 3. The van der Waals surface area contributed by atoms with E-state index in [4.69, 9.17) is 4.74 Å². The average molecular weight is 565 g/mol. The molecule has 39 heavy (non-hydrogen) atoms. The van der Waals surface area contributed by atoms with Gasteiger partial charge in [0.25, 0.3) is 0 Å². The summed E-state index contributed by atoms with van der Waals surface area (Å²) in [6.45, 7) is 4.85. The lowest BCUT2D eigenvalue weighted by Crippen LogP contribution is -2.55. The van der Waals surface area contributed by atoms with Crippen molar-refractivity contribution in [1.82, 2.24) is 20.7 Å². The third-order valence-electron chi connectivity index (χ3n) is 5.40. The summed E-state index contributed by atoms with van der Waals surface area (Å²) < 4.78 is 44.5. The standard InChI is InChI=1S/C27H31F3N4O4S/c1-26(2,3)38-25(37)33-34(16-19-9-11-20(12-10-19)23-31-13-14-39-23)17-22(35)21(32-24(36)27(28,29)30)15-18-7-5-4-6-8-18/h4-14,21-22,35H,15-17H2,1-3H3,(H,32,36)(H,33,37)/t21-,22-/m0/s1. The van der Waals surface area contributed by atoms with E-state index in [1.54, 1.807) is 57.3 Å². The van der Waals surface area contributed by atoms with Crippen molar-refractivity contribution in [3.63, 3.8) is 0 Å². The highest BCUT2D eigenvalue weighted by Gasteiger charge is 2.41. The summed E-state index contributed by atoms with van der Waals surface area (Å²) in [5.74, 6) is -2.16. The number of aliphatic hydroxyl groups excluding tert-OH is 1. The molecule has 1 heterocycles. The zero-order valence-electron chi connectivity index (χ0n) is 21.7. The third kappa shape index (κ3) is 9.97. The van der Waals surface area contributed by atoms with Crippen molar-refractivity contribution in [2.75, 3.05) is 6.54 Å². The van der Waals surface area contributed by atoms with Gasteiger partial charge in [0.2, 0.25) is 0 Å². The van der Waals surface area contributed by atoms with Gasteiger partial charge < -0.3 is 15.2 Å². The van der Waals surface area contributed by atoms with Crippen LogP contribution in [-0.2, 0) is 22.5 Å². The Hall–Kier alpha value is -3.48. The van der Waals surface area contributed by atoms with Crippen molar-refractivity contribution < 1.29 is 32.6 Å². The van der Waals surface area contributed by atoms with E-state index in [-0.39, 0.29) is 19.5 Å². The minimum atomic E-state index is -5.12. The van der Waals surface area contributed by atoms with Gasteiger partial charge in [-0.25, -0.2) is 14.8 Å². The number of aliphatic hydroxyl groups is 1. The molecule has 12 heteroatoms. The van der Waals surface area contributed by atoms with E-state index in [9.17, 15) is 27.9 Å². The maximum absolute atomic E-state index is 13.0. The number of ether oxygens (including phenoxy) is 1. The van der Waals surface area contributed by atoms with Crippen molar-refractivity contribution in [2.45, 2.75) is 57.7 Å². The lowest BCUT2D eigenvalue weighted by molar-refractivity contribution is -0.175. The predicted octanol–water partition coefficient (Wildman–Crippen LogP) is 4.70. The summed E-state index contributed by atoms with van der Waals surface area (Å²) in [7, 11) is 0. The largest absolute Gasteiger partial charge is 0.471 e. The fraction of sp³-hybridized carbons (Fsp3) is 0.370. The number of aromatic nitrogens is 1. The fourth-order valence-electron chi connectivity index (χ4n) is 3.67. The second-order valence-corrected chi connectivity index (χ2v) is 10.8. The first-order valence-corrected chi connectivity index (χ1v) is 13.0. The summed E-state index contributed by atoms with van der Waals surface area (Å²) in [4.78, 5) is 28.6. The van der Waals surface area contributed by atoms with Gasteiger partial charge in [-0.2, -0.15) is 13.2 Å². The Kier molecular flexibility index (Phi) is 10.1. The molecule has 0 spiro atoms. The molecule has 0 bridgehead atoms. The molecule has 0 aliphatic heterocycles. The summed E-state index contributed by atoms with van der Waals surface area (Å²) in [6.07, 6.45) is -5.77. The first kappa shape index (κ1) is 30.1.